The van der Waals surface area contributed by atoms with Crippen molar-refractivity contribution in [1.82, 2.24) is 9.80 Å². The van der Waals surface area contributed by atoms with Gasteiger partial charge in [-0.25, -0.2) is 9.18 Å². The topological polar surface area (TPSA) is 35.6 Å². The Kier molecular flexibility index (Phi) is 5.94. The van der Waals surface area contributed by atoms with Crippen LogP contribution < -0.4 is 5.32 Å². The molecule has 0 spiro atoms. The Hall–Kier alpha value is -1.62. The fourth-order valence-corrected chi connectivity index (χ4v) is 4.36. The first-order valence-electron chi connectivity index (χ1n) is 9.53. The van der Waals surface area contributed by atoms with Gasteiger partial charge in [0.05, 0.1) is 0 Å². The number of benzene rings is 1. The highest BCUT2D eigenvalue weighted by atomic mass is 19.1. The van der Waals surface area contributed by atoms with Crippen molar-refractivity contribution in [3.8, 4) is 0 Å². The minimum Gasteiger partial charge on any atom is -0.325 e. The van der Waals surface area contributed by atoms with E-state index in [-0.39, 0.29) is 11.8 Å². The van der Waals surface area contributed by atoms with Gasteiger partial charge in [0.1, 0.15) is 5.82 Å². The first-order valence-corrected chi connectivity index (χ1v) is 9.53. The number of carbonyl (C=O) groups excluding carboxylic acids is 1. The number of nitrogens with zero attached hydrogens (tertiary/aromatic N) is 2. The predicted octanol–water partition coefficient (Wildman–Crippen LogP) is 4.05. The van der Waals surface area contributed by atoms with Crippen LogP contribution >= 0.6 is 0 Å². The van der Waals surface area contributed by atoms with Gasteiger partial charge in [-0.05, 0) is 61.3 Å². The van der Waals surface area contributed by atoms with Crippen molar-refractivity contribution >= 4 is 11.7 Å². The van der Waals surface area contributed by atoms with Gasteiger partial charge in [-0.15, -0.1) is 0 Å². The average molecular weight is 347 g/mol. The van der Waals surface area contributed by atoms with Crippen LogP contribution in [0.15, 0.2) is 24.3 Å². The molecule has 2 aliphatic rings. The van der Waals surface area contributed by atoms with E-state index in [2.05, 4.69) is 24.1 Å². The molecule has 2 saturated heterocycles. The lowest BCUT2D eigenvalue weighted by Crippen LogP contribution is -2.46. The minimum atomic E-state index is -0.292. The van der Waals surface area contributed by atoms with Gasteiger partial charge in [0, 0.05) is 38.4 Å². The molecule has 0 bridgehead atoms. The number of nitrogens with one attached hydrogen (secondary N) is 1. The molecular formula is C20H30FN3O. The van der Waals surface area contributed by atoms with Gasteiger partial charge in [-0.2, -0.15) is 0 Å². The summed E-state index contributed by atoms with van der Waals surface area (Å²) in [6.07, 6.45) is 3.48. The molecule has 1 aromatic rings. The lowest BCUT2D eigenvalue weighted by Gasteiger charge is -2.39. The molecule has 2 fully saturated rings. The maximum absolute atomic E-state index is 12.9. The highest BCUT2D eigenvalue weighted by Crippen LogP contribution is 2.25. The monoisotopic (exact) mass is 347 g/mol. The van der Waals surface area contributed by atoms with E-state index in [1.54, 1.807) is 12.1 Å². The number of halogens is 1. The Morgan fingerprint density at radius 2 is 1.72 bits per heavy atom. The van der Waals surface area contributed by atoms with Crippen LogP contribution in [0.25, 0.3) is 0 Å². The Balaban J connectivity index is 1.43. The van der Waals surface area contributed by atoms with Crippen molar-refractivity contribution < 1.29 is 9.18 Å². The molecule has 3 rings (SSSR count). The van der Waals surface area contributed by atoms with Crippen LogP contribution in [-0.4, -0.2) is 48.6 Å². The number of likely N-dealkylation sites (tertiary alicyclic amines) is 2. The fraction of sp³-hybridized carbons (Fsp3) is 0.650. The van der Waals surface area contributed by atoms with Crippen LogP contribution in [0.5, 0.6) is 0 Å². The fourth-order valence-electron chi connectivity index (χ4n) is 4.36. The van der Waals surface area contributed by atoms with E-state index >= 15 is 0 Å². The minimum absolute atomic E-state index is 0.0784. The van der Waals surface area contributed by atoms with Gasteiger partial charge in [-0.1, -0.05) is 13.8 Å². The summed E-state index contributed by atoms with van der Waals surface area (Å²) >= 11 is 0. The standard InChI is InChI=1S/C20H30FN3O/c1-15-11-16(2)13-23(12-15)14-17-7-9-24(10-8-17)20(25)22-19-5-3-18(21)4-6-19/h3-6,15-17H,7-14H2,1-2H3,(H,22,25)/t15-,16-/m1/s1. The smallest absolute Gasteiger partial charge is 0.321 e. The van der Waals surface area contributed by atoms with E-state index in [4.69, 9.17) is 0 Å². The molecule has 2 heterocycles. The Bertz CT molecular complexity index is 559. The maximum atomic E-state index is 12.9. The molecule has 0 aromatic heterocycles. The van der Waals surface area contributed by atoms with Crippen molar-refractivity contribution in [3.63, 3.8) is 0 Å². The van der Waals surface area contributed by atoms with E-state index in [0.29, 0.717) is 11.6 Å². The zero-order valence-electron chi connectivity index (χ0n) is 15.4. The van der Waals surface area contributed by atoms with Gasteiger partial charge in [0.2, 0.25) is 0 Å². The second-order valence-corrected chi connectivity index (χ2v) is 8.03. The first kappa shape index (κ1) is 18.2. The highest BCUT2D eigenvalue weighted by molar-refractivity contribution is 5.89. The summed E-state index contributed by atoms with van der Waals surface area (Å²) in [6.45, 7) is 9.91. The van der Waals surface area contributed by atoms with E-state index in [0.717, 1.165) is 37.8 Å². The van der Waals surface area contributed by atoms with Crippen LogP contribution in [0.4, 0.5) is 14.9 Å². The third kappa shape index (κ3) is 5.18. The number of hydrogen-bond acceptors (Lipinski definition) is 2. The molecule has 138 valence electrons. The average Bonchev–Trinajstić information content (AvgIpc) is 2.56. The zero-order valence-corrected chi connectivity index (χ0v) is 15.4. The van der Waals surface area contributed by atoms with E-state index in [9.17, 15) is 9.18 Å². The molecule has 0 aliphatic carbocycles. The third-order valence-corrected chi connectivity index (χ3v) is 5.46. The van der Waals surface area contributed by atoms with Gasteiger partial charge in [0.15, 0.2) is 0 Å². The van der Waals surface area contributed by atoms with Crippen molar-refractivity contribution in [3.05, 3.63) is 30.1 Å². The largest absolute Gasteiger partial charge is 0.325 e. The van der Waals surface area contributed by atoms with Crippen LogP contribution in [0.1, 0.15) is 33.1 Å². The van der Waals surface area contributed by atoms with Crippen LogP contribution in [-0.2, 0) is 0 Å². The number of rotatable bonds is 3. The van der Waals surface area contributed by atoms with E-state index < -0.39 is 0 Å². The molecule has 0 radical (unpaired) electrons. The number of piperidine rings is 2. The normalized spacial score (nSPS) is 25.8. The van der Waals surface area contributed by atoms with Gasteiger partial charge in [-0.3, -0.25) is 0 Å². The van der Waals surface area contributed by atoms with Crippen LogP contribution in [0.3, 0.4) is 0 Å². The molecule has 2 atom stereocenters. The summed E-state index contributed by atoms with van der Waals surface area (Å²) < 4.78 is 12.9. The number of anilines is 1. The van der Waals surface area contributed by atoms with Crippen molar-refractivity contribution in [2.45, 2.75) is 33.1 Å². The zero-order chi connectivity index (χ0) is 17.8. The molecule has 0 unspecified atom stereocenters. The van der Waals surface area contributed by atoms with Gasteiger partial charge in [0.25, 0.3) is 0 Å². The molecule has 1 N–H and O–H groups in total. The number of carbonyl (C=O) groups is 1. The third-order valence-electron chi connectivity index (χ3n) is 5.46. The Morgan fingerprint density at radius 1 is 1.12 bits per heavy atom. The van der Waals surface area contributed by atoms with Crippen molar-refractivity contribution in [1.29, 1.82) is 0 Å². The van der Waals surface area contributed by atoms with Gasteiger partial charge >= 0.3 is 6.03 Å². The molecule has 1 aromatic carbocycles. The molecule has 5 heteroatoms. The Labute approximate surface area is 150 Å². The summed E-state index contributed by atoms with van der Waals surface area (Å²) in [6, 6.07) is 5.84. The first-order chi connectivity index (χ1) is 12.0. The predicted molar refractivity (Wildman–Crippen MR) is 99.1 cm³/mol. The summed E-state index contributed by atoms with van der Waals surface area (Å²) in [5, 5.41) is 2.86. The SMILES string of the molecule is C[C@@H]1C[C@@H](C)CN(CC2CCN(C(=O)Nc3ccc(F)cc3)CC2)C1. The summed E-state index contributed by atoms with van der Waals surface area (Å²) in [7, 11) is 0. The molecule has 2 amide bonds. The summed E-state index contributed by atoms with van der Waals surface area (Å²) in [5.74, 6) is 1.99. The molecule has 4 nitrogen and oxygen atoms in total. The lowest BCUT2D eigenvalue weighted by atomic mass is 9.89. The number of hydrogen-bond donors (Lipinski definition) is 1. The van der Waals surface area contributed by atoms with Crippen LogP contribution in [0, 0.1) is 23.6 Å². The van der Waals surface area contributed by atoms with Crippen molar-refractivity contribution in [2.24, 2.45) is 17.8 Å². The summed E-state index contributed by atoms with van der Waals surface area (Å²) in [4.78, 5) is 16.8. The highest BCUT2D eigenvalue weighted by Gasteiger charge is 2.27. The van der Waals surface area contributed by atoms with E-state index in [1.807, 2.05) is 4.90 Å². The second kappa shape index (κ2) is 8.17. The van der Waals surface area contributed by atoms with Crippen molar-refractivity contribution in [2.75, 3.05) is 38.0 Å². The van der Waals surface area contributed by atoms with Gasteiger partial charge < -0.3 is 15.1 Å². The number of urea groups is 1. The summed E-state index contributed by atoms with van der Waals surface area (Å²) in [5.41, 5.74) is 0.643. The molecule has 0 saturated carbocycles. The second-order valence-electron chi connectivity index (χ2n) is 8.03. The molecule has 25 heavy (non-hydrogen) atoms. The van der Waals surface area contributed by atoms with E-state index in [1.165, 1.54) is 38.2 Å². The maximum Gasteiger partial charge on any atom is 0.321 e. The Morgan fingerprint density at radius 3 is 2.32 bits per heavy atom. The van der Waals surface area contributed by atoms with Crippen LogP contribution in [0.2, 0.25) is 0 Å². The molecule has 2 aliphatic heterocycles. The quantitative estimate of drug-likeness (QED) is 0.895. The molecular weight excluding hydrogens is 317 g/mol. The number of amides is 2. The lowest BCUT2D eigenvalue weighted by molar-refractivity contribution is 0.101.